The molecule has 2 aromatic rings. The second-order valence-electron chi connectivity index (χ2n) is 3.65. The Kier molecular flexibility index (Phi) is 6.05. The van der Waals surface area contributed by atoms with Crippen molar-refractivity contribution in [3.05, 3.63) is 18.2 Å². The van der Waals surface area contributed by atoms with Crippen LogP contribution < -0.4 is 27.4 Å². The summed E-state index contributed by atoms with van der Waals surface area (Å²) in [5.41, 5.74) is 7.25. The zero-order valence-corrected chi connectivity index (χ0v) is 12.9. The minimum Gasteiger partial charge on any atom is -1.00 e. The molecule has 0 fully saturated rings. The topological polar surface area (TPSA) is 39.1 Å². The molecule has 0 spiro atoms. The SMILES string of the molecule is CCOc1ccc2c(c1)sc(N)[n+]2CCSC.[Cl-]. The van der Waals surface area contributed by atoms with Crippen molar-refractivity contribution in [2.24, 2.45) is 0 Å². The van der Waals surface area contributed by atoms with Crippen molar-refractivity contribution in [1.82, 2.24) is 0 Å². The van der Waals surface area contributed by atoms with E-state index in [1.807, 2.05) is 24.8 Å². The molecular formula is C12H17ClN2OS2. The van der Waals surface area contributed by atoms with E-state index in [0.717, 1.165) is 23.2 Å². The van der Waals surface area contributed by atoms with E-state index >= 15 is 0 Å². The fourth-order valence-electron chi connectivity index (χ4n) is 1.76. The van der Waals surface area contributed by atoms with Crippen molar-refractivity contribution in [3.8, 4) is 5.75 Å². The normalized spacial score (nSPS) is 10.3. The number of benzene rings is 1. The lowest BCUT2D eigenvalue weighted by atomic mass is 10.3. The van der Waals surface area contributed by atoms with Crippen LogP contribution in [-0.4, -0.2) is 18.6 Å². The van der Waals surface area contributed by atoms with Gasteiger partial charge >= 0.3 is 5.13 Å². The second-order valence-corrected chi connectivity index (χ2v) is 5.70. The highest BCUT2D eigenvalue weighted by Crippen LogP contribution is 2.26. The molecule has 18 heavy (non-hydrogen) atoms. The number of aromatic nitrogens is 1. The fourth-order valence-corrected chi connectivity index (χ4v) is 3.10. The van der Waals surface area contributed by atoms with E-state index in [2.05, 4.69) is 23.0 Å². The Balaban J connectivity index is 0.00000162. The fraction of sp³-hybridized carbons (Fsp3) is 0.417. The van der Waals surface area contributed by atoms with Crippen molar-refractivity contribution in [1.29, 1.82) is 0 Å². The third-order valence-electron chi connectivity index (χ3n) is 2.53. The molecule has 0 radical (unpaired) electrons. The van der Waals surface area contributed by atoms with Crippen LogP contribution in [0.4, 0.5) is 5.13 Å². The third kappa shape index (κ3) is 3.22. The predicted octanol–water partition coefficient (Wildman–Crippen LogP) is -0.463. The number of hydrogen-bond donors (Lipinski definition) is 1. The molecular weight excluding hydrogens is 288 g/mol. The van der Waals surface area contributed by atoms with Crippen LogP contribution in [0.2, 0.25) is 0 Å². The Hall–Kier alpha value is -0.650. The lowest BCUT2D eigenvalue weighted by molar-refractivity contribution is -0.648. The molecule has 0 aliphatic carbocycles. The minimum absolute atomic E-state index is 0. The van der Waals surface area contributed by atoms with Crippen molar-refractivity contribution in [2.45, 2.75) is 13.5 Å². The Morgan fingerprint density at radius 3 is 2.89 bits per heavy atom. The van der Waals surface area contributed by atoms with Gasteiger partial charge in [-0.2, -0.15) is 11.8 Å². The van der Waals surface area contributed by atoms with Gasteiger partial charge in [-0.25, -0.2) is 4.57 Å². The Morgan fingerprint density at radius 2 is 2.22 bits per heavy atom. The number of aryl methyl sites for hydroxylation is 1. The molecule has 0 amide bonds. The molecule has 0 unspecified atom stereocenters. The quantitative estimate of drug-likeness (QED) is 0.760. The van der Waals surface area contributed by atoms with E-state index in [-0.39, 0.29) is 12.4 Å². The van der Waals surface area contributed by atoms with Crippen LogP contribution in [0.25, 0.3) is 10.2 Å². The number of thiazole rings is 1. The van der Waals surface area contributed by atoms with Crippen LogP contribution in [0.15, 0.2) is 18.2 Å². The summed E-state index contributed by atoms with van der Waals surface area (Å²) in [5.74, 6) is 1.99. The van der Waals surface area contributed by atoms with E-state index in [1.54, 1.807) is 11.3 Å². The maximum absolute atomic E-state index is 6.05. The minimum atomic E-state index is 0. The summed E-state index contributed by atoms with van der Waals surface area (Å²) >= 11 is 3.45. The van der Waals surface area contributed by atoms with Gasteiger partial charge < -0.3 is 17.1 Å². The molecule has 1 heterocycles. The van der Waals surface area contributed by atoms with Crippen LogP contribution in [0, 0.1) is 0 Å². The number of halogens is 1. The number of hydrogen-bond acceptors (Lipinski definition) is 4. The molecule has 0 aliphatic rings. The molecule has 1 aromatic heterocycles. The summed E-state index contributed by atoms with van der Waals surface area (Å²) in [4.78, 5) is 0. The molecule has 0 bridgehead atoms. The van der Waals surface area contributed by atoms with E-state index in [9.17, 15) is 0 Å². The van der Waals surface area contributed by atoms with E-state index in [1.165, 1.54) is 10.2 Å². The average Bonchev–Trinajstić information content (AvgIpc) is 2.62. The first-order valence-electron chi connectivity index (χ1n) is 5.60. The van der Waals surface area contributed by atoms with Crippen LogP contribution in [0.5, 0.6) is 5.75 Å². The van der Waals surface area contributed by atoms with Gasteiger partial charge in [0.05, 0.1) is 11.3 Å². The highest BCUT2D eigenvalue weighted by molar-refractivity contribution is 7.98. The Labute approximate surface area is 122 Å². The third-order valence-corrected chi connectivity index (χ3v) is 4.10. The first kappa shape index (κ1) is 15.4. The number of ether oxygens (including phenoxy) is 1. The summed E-state index contributed by atoms with van der Waals surface area (Å²) in [5, 5.41) is 0.864. The molecule has 1 aromatic carbocycles. The number of anilines is 1. The smallest absolute Gasteiger partial charge is 0.332 e. The standard InChI is InChI=1S/C12H16N2OS2.ClH/c1-3-15-9-4-5-10-11(8-9)17-12(13)14(10)6-7-16-2;/h4-5,8,13H,3,6-7H2,1-2H3;1H. The molecule has 0 saturated carbocycles. The summed E-state index contributed by atoms with van der Waals surface area (Å²) < 4.78 is 8.86. The van der Waals surface area contributed by atoms with Gasteiger partial charge in [0.2, 0.25) is 0 Å². The molecule has 0 aliphatic heterocycles. The maximum atomic E-state index is 6.05. The van der Waals surface area contributed by atoms with E-state index in [4.69, 9.17) is 10.5 Å². The molecule has 0 atom stereocenters. The lowest BCUT2D eigenvalue weighted by Crippen LogP contribution is -3.00. The summed E-state index contributed by atoms with van der Waals surface area (Å²) in [6.45, 7) is 3.64. The van der Waals surface area contributed by atoms with Gasteiger partial charge in [-0.15, -0.1) is 0 Å². The Morgan fingerprint density at radius 1 is 1.44 bits per heavy atom. The second kappa shape index (κ2) is 7.07. The van der Waals surface area contributed by atoms with Gasteiger partial charge in [0.1, 0.15) is 17.8 Å². The van der Waals surface area contributed by atoms with Crippen LogP contribution in [0.3, 0.4) is 0 Å². The van der Waals surface area contributed by atoms with Crippen molar-refractivity contribution in [3.63, 3.8) is 0 Å². The Bertz CT molecular complexity index is 516. The largest absolute Gasteiger partial charge is 1.00 e. The summed E-state index contributed by atoms with van der Waals surface area (Å²) in [6.07, 6.45) is 2.11. The first-order valence-corrected chi connectivity index (χ1v) is 7.81. The van der Waals surface area contributed by atoms with Crippen molar-refractivity contribution < 1.29 is 21.7 Å². The van der Waals surface area contributed by atoms with Gasteiger partial charge in [-0.3, -0.25) is 5.73 Å². The van der Waals surface area contributed by atoms with Crippen molar-refractivity contribution in [2.75, 3.05) is 24.3 Å². The van der Waals surface area contributed by atoms with Gasteiger partial charge in [0.15, 0.2) is 0 Å². The summed E-state index contributed by atoms with van der Waals surface area (Å²) in [7, 11) is 0. The number of fused-ring (bicyclic) bond motifs is 1. The van der Waals surface area contributed by atoms with Crippen LogP contribution in [0.1, 0.15) is 6.92 Å². The van der Waals surface area contributed by atoms with Gasteiger partial charge in [-0.05, 0) is 36.6 Å². The number of nitrogen functional groups attached to an aromatic ring is 1. The molecule has 0 saturated heterocycles. The monoisotopic (exact) mass is 304 g/mol. The van der Waals surface area contributed by atoms with Crippen LogP contribution >= 0.6 is 23.1 Å². The number of thioether (sulfide) groups is 1. The zero-order chi connectivity index (χ0) is 12.3. The number of nitrogens with zero attached hydrogens (tertiary/aromatic N) is 1. The number of nitrogens with two attached hydrogens (primary N) is 1. The molecule has 2 rings (SSSR count). The highest BCUT2D eigenvalue weighted by atomic mass is 35.5. The predicted molar refractivity (Wildman–Crippen MR) is 76.0 cm³/mol. The van der Waals surface area contributed by atoms with Crippen molar-refractivity contribution >= 4 is 38.4 Å². The summed E-state index contributed by atoms with van der Waals surface area (Å²) in [6, 6.07) is 6.16. The molecule has 6 heteroatoms. The van der Waals surface area contributed by atoms with Crippen LogP contribution in [-0.2, 0) is 6.54 Å². The molecule has 3 nitrogen and oxygen atoms in total. The average molecular weight is 305 g/mol. The number of rotatable bonds is 5. The zero-order valence-electron chi connectivity index (χ0n) is 10.5. The van der Waals surface area contributed by atoms with Gasteiger partial charge in [-0.1, -0.05) is 0 Å². The highest BCUT2D eigenvalue weighted by Gasteiger charge is 2.14. The lowest BCUT2D eigenvalue weighted by Gasteiger charge is -2.02. The molecule has 100 valence electrons. The first-order chi connectivity index (χ1) is 8.26. The van der Waals surface area contributed by atoms with Gasteiger partial charge in [0.25, 0.3) is 0 Å². The molecule has 2 N–H and O–H groups in total. The van der Waals surface area contributed by atoms with Gasteiger partial charge in [0, 0.05) is 11.8 Å². The van der Waals surface area contributed by atoms with E-state index < -0.39 is 0 Å². The maximum Gasteiger partial charge on any atom is 0.332 e. The van der Waals surface area contributed by atoms with E-state index in [0.29, 0.717) is 6.61 Å².